The van der Waals surface area contributed by atoms with Crippen molar-refractivity contribution in [1.29, 1.82) is 0 Å². The first-order valence-corrected chi connectivity index (χ1v) is 10.4. The van der Waals surface area contributed by atoms with E-state index in [4.69, 9.17) is 9.47 Å². The molecule has 0 rings (SSSR count). The number of unbranched alkanes of at least 4 members (excludes halogenated alkanes) is 2. The highest BCUT2D eigenvalue weighted by atomic mass is 16.5. The molecule has 0 bridgehead atoms. The largest absolute Gasteiger partial charge is 0.466 e. The summed E-state index contributed by atoms with van der Waals surface area (Å²) in [7, 11) is 0. The maximum Gasteiger partial charge on any atom is 0.314 e. The van der Waals surface area contributed by atoms with Gasteiger partial charge in [0.25, 0.3) is 0 Å². The van der Waals surface area contributed by atoms with E-state index in [1.807, 2.05) is 27.7 Å². The molecule has 2 amide bonds. The van der Waals surface area contributed by atoms with Crippen molar-refractivity contribution in [2.75, 3.05) is 26.3 Å². The third-order valence-corrected chi connectivity index (χ3v) is 4.68. The molecule has 0 atom stereocenters. The summed E-state index contributed by atoms with van der Waals surface area (Å²) in [6.07, 6.45) is 4.76. The highest BCUT2D eigenvalue weighted by Gasteiger charge is 2.29. The van der Waals surface area contributed by atoms with E-state index in [1.54, 1.807) is 13.8 Å². The molecule has 7 nitrogen and oxygen atoms in total. The Morgan fingerprint density at radius 1 is 0.679 bits per heavy atom. The quantitative estimate of drug-likeness (QED) is 0.342. The molecular formula is C21H40N2O5. The Hall–Kier alpha value is -1.79. The molecule has 0 aromatic carbocycles. The SMILES string of the molecule is CCOC(=O)C(C)(C)CCCCNC(=O)NCCCCC(C)(C)C(=O)OCC. The summed E-state index contributed by atoms with van der Waals surface area (Å²) in [5, 5.41) is 5.65. The van der Waals surface area contributed by atoms with Gasteiger partial charge in [-0.3, -0.25) is 9.59 Å². The second kappa shape index (κ2) is 13.4. The molecule has 0 aromatic heterocycles. The predicted molar refractivity (Wildman–Crippen MR) is 110 cm³/mol. The predicted octanol–water partition coefficient (Wildman–Crippen LogP) is 3.80. The van der Waals surface area contributed by atoms with E-state index in [0.717, 1.165) is 38.5 Å². The fourth-order valence-corrected chi connectivity index (χ4v) is 2.71. The van der Waals surface area contributed by atoms with Gasteiger partial charge in [-0.1, -0.05) is 12.8 Å². The number of hydrogen-bond donors (Lipinski definition) is 2. The minimum absolute atomic E-state index is 0.174. The molecule has 0 aliphatic rings. The average molecular weight is 401 g/mol. The number of amides is 2. The zero-order chi connectivity index (χ0) is 21.6. The first kappa shape index (κ1) is 26.2. The van der Waals surface area contributed by atoms with Gasteiger partial charge in [0.1, 0.15) is 0 Å². The number of esters is 2. The first-order chi connectivity index (χ1) is 13.1. The third-order valence-electron chi connectivity index (χ3n) is 4.68. The van der Waals surface area contributed by atoms with Crippen molar-refractivity contribution in [3.63, 3.8) is 0 Å². The molecule has 2 N–H and O–H groups in total. The van der Waals surface area contributed by atoms with E-state index in [-0.39, 0.29) is 18.0 Å². The Morgan fingerprint density at radius 2 is 1.04 bits per heavy atom. The van der Waals surface area contributed by atoms with Gasteiger partial charge in [0.05, 0.1) is 24.0 Å². The molecule has 0 aliphatic carbocycles. The van der Waals surface area contributed by atoms with E-state index in [0.29, 0.717) is 26.3 Å². The van der Waals surface area contributed by atoms with Crippen LogP contribution in [0.5, 0.6) is 0 Å². The summed E-state index contributed by atoms with van der Waals surface area (Å²) in [5.41, 5.74) is -0.981. The molecule has 0 saturated carbocycles. The zero-order valence-corrected chi connectivity index (χ0v) is 18.6. The van der Waals surface area contributed by atoms with Crippen molar-refractivity contribution in [2.24, 2.45) is 10.8 Å². The summed E-state index contributed by atoms with van der Waals surface area (Å²) in [4.78, 5) is 35.4. The Morgan fingerprint density at radius 3 is 1.36 bits per heavy atom. The lowest BCUT2D eigenvalue weighted by molar-refractivity contribution is -0.154. The van der Waals surface area contributed by atoms with E-state index in [1.165, 1.54) is 0 Å². The number of carbonyl (C=O) groups excluding carboxylic acids is 3. The van der Waals surface area contributed by atoms with Crippen LogP contribution in [0.15, 0.2) is 0 Å². The molecular weight excluding hydrogens is 360 g/mol. The van der Waals surface area contributed by atoms with Gasteiger partial charge in [0.2, 0.25) is 0 Å². The van der Waals surface area contributed by atoms with Crippen molar-refractivity contribution in [2.45, 2.75) is 80.1 Å². The number of carbonyl (C=O) groups is 3. The molecule has 28 heavy (non-hydrogen) atoms. The summed E-state index contributed by atoms with van der Waals surface area (Å²) >= 11 is 0. The highest BCUT2D eigenvalue weighted by molar-refractivity contribution is 5.76. The monoisotopic (exact) mass is 400 g/mol. The fourth-order valence-electron chi connectivity index (χ4n) is 2.71. The van der Waals surface area contributed by atoms with Gasteiger partial charge in [-0.05, 0) is 67.2 Å². The maximum atomic E-state index is 11.8. The fraction of sp³-hybridized carbons (Fsp3) is 0.857. The van der Waals surface area contributed by atoms with Crippen LogP contribution >= 0.6 is 0 Å². The van der Waals surface area contributed by atoms with Crippen LogP contribution in [-0.4, -0.2) is 44.3 Å². The summed E-state index contributed by atoms with van der Waals surface area (Å²) in [6, 6.07) is -0.186. The normalized spacial score (nSPS) is 11.6. The second-order valence-corrected chi connectivity index (χ2v) is 8.31. The third kappa shape index (κ3) is 11.1. The minimum Gasteiger partial charge on any atom is -0.466 e. The zero-order valence-electron chi connectivity index (χ0n) is 18.6. The van der Waals surface area contributed by atoms with Gasteiger partial charge in [0.15, 0.2) is 0 Å². The van der Waals surface area contributed by atoms with Gasteiger partial charge in [0, 0.05) is 13.1 Å². The molecule has 0 fully saturated rings. The van der Waals surface area contributed by atoms with E-state index in [2.05, 4.69) is 10.6 Å². The van der Waals surface area contributed by atoms with Crippen molar-refractivity contribution in [3.05, 3.63) is 0 Å². The highest BCUT2D eigenvalue weighted by Crippen LogP contribution is 2.25. The number of urea groups is 1. The van der Waals surface area contributed by atoms with E-state index >= 15 is 0 Å². The van der Waals surface area contributed by atoms with Crippen LogP contribution in [0.1, 0.15) is 80.1 Å². The maximum absolute atomic E-state index is 11.8. The van der Waals surface area contributed by atoms with Gasteiger partial charge in [-0.2, -0.15) is 0 Å². The van der Waals surface area contributed by atoms with Crippen LogP contribution < -0.4 is 10.6 Å². The summed E-state index contributed by atoms with van der Waals surface area (Å²) in [6.45, 7) is 13.1. The molecule has 0 saturated heterocycles. The van der Waals surface area contributed by atoms with Gasteiger partial charge < -0.3 is 20.1 Å². The van der Waals surface area contributed by atoms with Crippen LogP contribution in [0.4, 0.5) is 4.79 Å². The number of rotatable bonds is 14. The van der Waals surface area contributed by atoms with Crippen molar-refractivity contribution in [3.8, 4) is 0 Å². The van der Waals surface area contributed by atoms with Crippen molar-refractivity contribution in [1.82, 2.24) is 10.6 Å². The Balaban J connectivity index is 3.79. The number of ether oxygens (including phenoxy) is 2. The van der Waals surface area contributed by atoms with Crippen LogP contribution in [0, 0.1) is 10.8 Å². The van der Waals surface area contributed by atoms with Crippen LogP contribution in [0.2, 0.25) is 0 Å². The summed E-state index contributed by atoms with van der Waals surface area (Å²) < 4.78 is 10.1. The topological polar surface area (TPSA) is 93.7 Å². The Labute approximate surface area is 170 Å². The van der Waals surface area contributed by atoms with Gasteiger partial charge in [-0.25, -0.2) is 4.79 Å². The first-order valence-electron chi connectivity index (χ1n) is 10.4. The molecule has 0 aromatic rings. The molecule has 164 valence electrons. The second-order valence-electron chi connectivity index (χ2n) is 8.31. The molecule has 0 spiro atoms. The Bertz CT molecular complexity index is 447. The molecule has 0 radical (unpaired) electrons. The number of hydrogen-bond acceptors (Lipinski definition) is 5. The van der Waals surface area contributed by atoms with Crippen LogP contribution in [0.3, 0.4) is 0 Å². The lowest BCUT2D eigenvalue weighted by Crippen LogP contribution is -2.36. The summed E-state index contributed by atoms with van der Waals surface area (Å²) in [5.74, 6) is -0.348. The Kier molecular flexibility index (Phi) is 12.5. The minimum atomic E-state index is -0.490. The van der Waals surface area contributed by atoms with Crippen LogP contribution in [0.25, 0.3) is 0 Å². The molecule has 0 aliphatic heterocycles. The van der Waals surface area contributed by atoms with Gasteiger partial charge in [-0.15, -0.1) is 0 Å². The van der Waals surface area contributed by atoms with E-state index in [9.17, 15) is 14.4 Å². The van der Waals surface area contributed by atoms with Crippen molar-refractivity contribution >= 4 is 18.0 Å². The van der Waals surface area contributed by atoms with Crippen molar-refractivity contribution < 1.29 is 23.9 Å². The average Bonchev–Trinajstić information content (AvgIpc) is 2.61. The number of nitrogens with one attached hydrogen (secondary N) is 2. The van der Waals surface area contributed by atoms with Gasteiger partial charge >= 0.3 is 18.0 Å². The molecule has 0 unspecified atom stereocenters. The van der Waals surface area contributed by atoms with Crippen LogP contribution in [-0.2, 0) is 19.1 Å². The van der Waals surface area contributed by atoms with E-state index < -0.39 is 10.8 Å². The lowest BCUT2D eigenvalue weighted by Gasteiger charge is -2.22. The molecule has 7 heteroatoms. The molecule has 0 heterocycles. The lowest BCUT2D eigenvalue weighted by atomic mass is 9.87. The smallest absolute Gasteiger partial charge is 0.314 e. The standard InChI is InChI=1S/C21H40N2O5/c1-7-27-17(24)20(3,4)13-9-11-15-22-19(26)23-16-12-10-14-21(5,6)18(25)28-8-2/h7-16H2,1-6H3,(H2,22,23,26).